The summed E-state index contributed by atoms with van der Waals surface area (Å²) in [5.74, 6) is 1.53. The highest BCUT2D eigenvalue weighted by Gasteiger charge is 2.22. The van der Waals surface area contributed by atoms with Gasteiger partial charge in [-0.25, -0.2) is 0 Å². The third-order valence-electron chi connectivity index (χ3n) is 5.44. The molecule has 0 saturated carbocycles. The lowest BCUT2D eigenvalue weighted by Gasteiger charge is -2.35. The van der Waals surface area contributed by atoms with Crippen LogP contribution < -0.4 is 10.6 Å². The van der Waals surface area contributed by atoms with Gasteiger partial charge in [0.2, 0.25) is 0 Å². The molecule has 29 heavy (non-hydrogen) atoms. The lowest BCUT2D eigenvalue weighted by atomic mass is 10.0. The Bertz CT molecular complexity index is 780. The molecule has 1 aromatic carbocycles. The van der Waals surface area contributed by atoms with Crippen LogP contribution in [0, 0.1) is 5.92 Å². The Balaban J connectivity index is 1.51. The van der Waals surface area contributed by atoms with Crippen LogP contribution in [0.2, 0.25) is 0 Å². The number of guanidine groups is 1. The van der Waals surface area contributed by atoms with Crippen molar-refractivity contribution in [1.82, 2.24) is 20.5 Å². The maximum atomic E-state index is 5.52. The lowest BCUT2D eigenvalue weighted by Crippen LogP contribution is -2.51. The highest BCUT2D eigenvalue weighted by Crippen LogP contribution is 2.16. The Morgan fingerprint density at radius 3 is 2.72 bits per heavy atom. The van der Waals surface area contributed by atoms with Crippen molar-refractivity contribution < 1.29 is 4.74 Å². The van der Waals surface area contributed by atoms with Crippen molar-refractivity contribution in [1.29, 1.82) is 0 Å². The van der Waals surface area contributed by atoms with Crippen LogP contribution in [-0.4, -0.2) is 68.3 Å². The van der Waals surface area contributed by atoms with Crippen molar-refractivity contribution in [2.24, 2.45) is 10.9 Å². The average Bonchev–Trinajstić information content (AvgIpc) is 2.75. The number of benzene rings is 1. The summed E-state index contributed by atoms with van der Waals surface area (Å²) in [6.45, 7) is 9.99. The van der Waals surface area contributed by atoms with Gasteiger partial charge in [-0.1, -0.05) is 38.1 Å². The number of pyridine rings is 1. The number of fused-ring (bicyclic) bond motifs is 1. The van der Waals surface area contributed by atoms with E-state index in [1.54, 1.807) is 0 Å². The number of hydrogen-bond donors (Lipinski definition) is 2. The highest BCUT2D eigenvalue weighted by molar-refractivity contribution is 5.82. The fourth-order valence-electron chi connectivity index (χ4n) is 3.97. The zero-order valence-corrected chi connectivity index (χ0v) is 18.0. The van der Waals surface area contributed by atoms with Crippen molar-refractivity contribution in [2.75, 3.05) is 46.4 Å². The summed E-state index contributed by atoms with van der Waals surface area (Å²) in [7, 11) is 1.83. The van der Waals surface area contributed by atoms with Crippen LogP contribution in [0.5, 0.6) is 0 Å². The van der Waals surface area contributed by atoms with Crippen LogP contribution >= 0.6 is 0 Å². The first kappa shape index (κ1) is 21.5. The van der Waals surface area contributed by atoms with E-state index in [1.165, 1.54) is 17.4 Å². The van der Waals surface area contributed by atoms with Crippen LogP contribution in [0.4, 0.5) is 0 Å². The Hall–Kier alpha value is -2.18. The fourth-order valence-corrected chi connectivity index (χ4v) is 3.97. The first-order valence-corrected chi connectivity index (χ1v) is 10.8. The van der Waals surface area contributed by atoms with E-state index in [9.17, 15) is 0 Å². The maximum Gasteiger partial charge on any atom is 0.191 e. The molecule has 1 aliphatic heterocycles. The van der Waals surface area contributed by atoms with E-state index in [0.717, 1.165) is 57.3 Å². The molecule has 0 spiro atoms. The van der Waals surface area contributed by atoms with E-state index in [4.69, 9.17) is 4.74 Å². The molecule has 1 fully saturated rings. The van der Waals surface area contributed by atoms with Gasteiger partial charge in [0.15, 0.2) is 5.96 Å². The van der Waals surface area contributed by atoms with E-state index < -0.39 is 0 Å². The molecule has 2 heterocycles. The molecule has 0 amide bonds. The molecule has 6 nitrogen and oxygen atoms in total. The Morgan fingerprint density at radius 2 is 1.97 bits per heavy atom. The van der Waals surface area contributed by atoms with Gasteiger partial charge in [0.1, 0.15) is 0 Å². The third-order valence-corrected chi connectivity index (χ3v) is 5.44. The summed E-state index contributed by atoms with van der Waals surface area (Å²) in [4.78, 5) is 11.5. The maximum absolute atomic E-state index is 5.52. The van der Waals surface area contributed by atoms with E-state index in [-0.39, 0.29) is 0 Å². The summed E-state index contributed by atoms with van der Waals surface area (Å²) in [5, 5.41) is 8.19. The van der Waals surface area contributed by atoms with Gasteiger partial charge in [0.25, 0.3) is 0 Å². The van der Waals surface area contributed by atoms with E-state index >= 15 is 0 Å². The average molecular weight is 398 g/mol. The zero-order valence-electron chi connectivity index (χ0n) is 18.0. The summed E-state index contributed by atoms with van der Waals surface area (Å²) in [6.07, 6.45) is 3.94. The van der Waals surface area contributed by atoms with Gasteiger partial charge in [-0.2, -0.15) is 0 Å². The fraction of sp³-hybridized carbons (Fsp3) is 0.565. The van der Waals surface area contributed by atoms with Crippen molar-refractivity contribution in [3.63, 3.8) is 0 Å². The second-order valence-electron chi connectivity index (χ2n) is 8.05. The van der Waals surface area contributed by atoms with Gasteiger partial charge < -0.3 is 15.4 Å². The molecule has 2 N–H and O–H groups in total. The SMILES string of the molecule is CN=C(NCCc1cccc2cccnc12)NCC(CC(C)C)N1CCOCC1. The van der Waals surface area contributed by atoms with Gasteiger partial charge in [-0.05, 0) is 30.4 Å². The number of ether oxygens (including phenoxy) is 1. The smallest absolute Gasteiger partial charge is 0.191 e. The number of nitrogens with one attached hydrogen (secondary N) is 2. The Kier molecular flexibility index (Phi) is 8.25. The normalized spacial score (nSPS) is 16.9. The Morgan fingerprint density at radius 1 is 1.17 bits per heavy atom. The molecule has 158 valence electrons. The molecule has 3 rings (SSSR count). The largest absolute Gasteiger partial charge is 0.379 e. The monoisotopic (exact) mass is 397 g/mol. The minimum Gasteiger partial charge on any atom is -0.379 e. The number of aliphatic imine (C=N–C) groups is 1. The van der Waals surface area contributed by atoms with E-state index in [0.29, 0.717) is 12.0 Å². The van der Waals surface area contributed by atoms with Gasteiger partial charge in [-0.15, -0.1) is 0 Å². The lowest BCUT2D eigenvalue weighted by molar-refractivity contribution is 0.0132. The number of rotatable bonds is 8. The predicted molar refractivity (Wildman–Crippen MR) is 120 cm³/mol. The summed E-state index contributed by atoms with van der Waals surface area (Å²) < 4.78 is 5.52. The van der Waals surface area contributed by atoms with E-state index in [2.05, 4.69) is 63.6 Å². The highest BCUT2D eigenvalue weighted by atomic mass is 16.5. The number of hydrogen-bond acceptors (Lipinski definition) is 4. The van der Waals surface area contributed by atoms with Gasteiger partial charge >= 0.3 is 0 Å². The number of para-hydroxylation sites is 1. The molecule has 1 unspecified atom stereocenters. The number of aromatic nitrogens is 1. The van der Waals surface area contributed by atoms with Crippen LogP contribution in [0.15, 0.2) is 41.5 Å². The minimum atomic E-state index is 0.500. The first-order chi connectivity index (χ1) is 14.2. The molecule has 0 aliphatic carbocycles. The number of nitrogens with zero attached hydrogens (tertiary/aromatic N) is 3. The standard InChI is InChI=1S/C23H35N5O/c1-18(2)16-21(28-12-14-29-15-13-28)17-27-23(24-3)26-11-9-20-7-4-6-19-8-5-10-25-22(19)20/h4-8,10,18,21H,9,11-17H2,1-3H3,(H2,24,26,27). The van der Waals surface area contributed by atoms with Crippen molar-refractivity contribution >= 4 is 16.9 Å². The summed E-state index contributed by atoms with van der Waals surface area (Å²) in [6, 6.07) is 11.0. The molecule has 2 aromatic rings. The molecule has 6 heteroatoms. The van der Waals surface area contributed by atoms with E-state index in [1.807, 2.05) is 19.3 Å². The molecular weight excluding hydrogens is 362 g/mol. The second-order valence-corrected chi connectivity index (χ2v) is 8.05. The van der Waals surface area contributed by atoms with Crippen LogP contribution in [0.1, 0.15) is 25.8 Å². The Labute approximate surface area is 174 Å². The van der Waals surface area contributed by atoms with Crippen LogP contribution in [0.3, 0.4) is 0 Å². The number of morpholine rings is 1. The molecule has 1 atom stereocenters. The predicted octanol–water partition coefficient (Wildman–Crippen LogP) is 2.69. The van der Waals surface area contributed by atoms with Crippen molar-refractivity contribution in [3.8, 4) is 0 Å². The zero-order chi connectivity index (χ0) is 20.5. The first-order valence-electron chi connectivity index (χ1n) is 10.8. The van der Waals surface area contributed by atoms with Crippen LogP contribution in [-0.2, 0) is 11.2 Å². The van der Waals surface area contributed by atoms with Gasteiger partial charge in [0.05, 0.1) is 18.7 Å². The summed E-state index contributed by atoms with van der Waals surface area (Å²) in [5.41, 5.74) is 2.35. The van der Waals surface area contributed by atoms with Crippen molar-refractivity contribution in [3.05, 3.63) is 42.1 Å². The second kappa shape index (κ2) is 11.1. The molecule has 0 radical (unpaired) electrons. The quantitative estimate of drug-likeness (QED) is 0.530. The van der Waals surface area contributed by atoms with Gasteiger partial charge in [-0.3, -0.25) is 14.9 Å². The van der Waals surface area contributed by atoms with Gasteiger partial charge in [0, 0.05) is 50.9 Å². The molecule has 1 aromatic heterocycles. The van der Waals surface area contributed by atoms with Crippen LogP contribution in [0.25, 0.3) is 10.9 Å². The molecule has 0 bridgehead atoms. The summed E-state index contributed by atoms with van der Waals surface area (Å²) >= 11 is 0. The third kappa shape index (κ3) is 6.41. The topological polar surface area (TPSA) is 61.8 Å². The molecule has 1 saturated heterocycles. The minimum absolute atomic E-state index is 0.500. The van der Waals surface area contributed by atoms with Crippen molar-refractivity contribution in [2.45, 2.75) is 32.7 Å². The molecular formula is C23H35N5O. The molecule has 1 aliphatic rings.